The molecular formula is C18H22F2IN3. The molecule has 0 radical (unpaired) electrons. The lowest BCUT2D eigenvalue weighted by atomic mass is 10.1. The van der Waals surface area contributed by atoms with Crippen molar-refractivity contribution in [2.45, 2.75) is 19.4 Å². The van der Waals surface area contributed by atoms with Crippen LogP contribution in [0.1, 0.15) is 17.5 Å². The summed E-state index contributed by atoms with van der Waals surface area (Å²) >= 11 is 0. The van der Waals surface area contributed by atoms with Gasteiger partial charge in [0.15, 0.2) is 5.96 Å². The summed E-state index contributed by atoms with van der Waals surface area (Å²) in [6.07, 6.45) is 1.64. The Kier molecular flexibility index (Phi) is 9.29. The molecular weight excluding hydrogens is 423 g/mol. The van der Waals surface area contributed by atoms with Crippen molar-refractivity contribution in [3.63, 3.8) is 0 Å². The highest BCUT2D eigenvalue weighted by Gasteiger charge is 2.02. The van der Waals surface area contributed by atoms with Crippen LogP contribution in [0.25, 0.3) is 0 Å². The molecule has 0 atom stereocenters. The molecule has 0 aliphatic carbocycles. The quantitative estimate of drug-likeness (QED) is 0.307. The molecule has 2 aromatic rings. The van der Waals surface area contributed by atoms with E-state index < -0.39 is 0 Å². The van der Waals surface area contributed by atoms with Crippen molar-refractivity contribution in [2.24, 2.45) is 4.99 Å². The number of nitrogens with one attached hydrogen (secondary N) is 2. The molecule has 0 fully saturated rings. The molecule has 0 aromatic heterocycles. The first-order valence-electron chi connectivity index (χ1n) is 7.61. The van der Waals surface area contributed by atoms with Crippen molar-refractivity contribution in [2.75, 3.05) is 13.6 Å². The lowest BCUT2D eigenvalue weighted by molar-refractivity contribution is 0.604. The number of aliphatic imine (C=N–C) groups is 1. The summed E-state index contributed by atoms with van der Waals surface area (Å²) in [7, 11) is 1.67. The standard InChI is InChI=1S/C18H21F2N3.HI/c1-21-18(23-13-15-8-2-3-10-17(15)20)22-11-5-7-14-6-4-9-16(19)12-14;/h2-4,6,8-10,12H,5,7,11,13H2,1H3,(H2,21,22,23);1H. The van der Waals surface area contributed by atoms with Gasteiger partial charge in [-0.1, -0.05) is 30.3 Å². The molecule has 0 saturated carbocycles. The zero-order valence-corrected chi connectivity index (χ0v) is 15.9. The van der Waals surface area contributed by atoms with Gasteiger partial charge in [0, 0.05) is 25.7 Å². The molecule has 2 rings (SSSR count). The van der Waals surface area contributed by atoms with E-state index in [9.17, 15) is 8.78 Å². The highest BCUT2D eigenvalue weighted by molar-refractivity contribution is 14.0. The molecule has 3 nitrogen and oxygen atoms in total. The van der Waals surface area contributed by atoms with Gasteiger partial charge in [-0.05, 0) is 36.6 Å². The summed E-state index contributed by atoms with van der Waals surface area (Å²) in [5.41, 5.74) is 1.57. The lowest BCUT2D eigenvalue weighted by Crippen LogP contribution is -2.37. The zero-order valence-electron chi connectivity index (χ0n) is 13.6. The Morgan fingerprint density at radius 3 is 2.54 bits per heavy atom. The van der Waals surface area contributed by atoms with E-state index in [-0.39, 0.29) is 35.6 Å². The van der Waals surface area contributed by atoms with Crippen LogP contribution in [-0.4, -0.2) is 19.6 Å². The summed E-state index contributed by atoms with van der Waals surface area (Å²) in [5.74, 6) is 0.173. The van der Waals surface area contributed by atoms with Gasteiger partial charge in [0.05, 0.1) is 0 Å². The number of hydrogen-bond donors (Lipinski definition) is 2. The second kappa shape index (κ2) is 11.0. The number of benzene rings is 2. The van der Waals surface area contributed by atoms with Crippen LogP contribution in [0.2, 0.25) is 0 Å². The van der Waals surface area contributed by atoms with Gasteiger partial charge < -0.3 is 10.6 Å². The second-order valence-corrected chi connectivity index (χ2v) is 5.18. The third-order valence-electron chi connectivity index (χ3n) is 3.45. The summed E-state index contributed by atoms with van der Waals surface area (Å²) in [6, 6.07) is 13.3. The Balaban J connectivity index is 0.00000288. The molecule has 0 aliphatic heterocycles. The van der Waals surface area contributed by atoms with Crippen molar-refractivity contribution in [3.05, 3.63) is 71.3 Å². The number of hydrogen-bond acceptors (Lipinski definition) is 1. The van der Waals surface area contributed by atoms with Crippen LogP contribution < -0.4 is 10.6 Å². The molecule has 0 aliphatic rings. The second-order valence-electron chi connectivity index (χ2n) is 5.18. The third kappa shape index (κ3) is 6.82. The zero-order chi connectivity index (χ0) is 16.5. The molecule has 6 heteroatoms. The molecule has 24 heavy (non-hydrogen) atoms. The molecule has 130 valence electrons. The van der Waals surface area contributed by atoms with Crippen LogP contribution in [0, 0.1) is 11.6 Å². The average molecular weight is 445 g/mol. The summed E-state index contributed by atoms with van der Waals surface area (Å²) in [4.78, 5) is 4.10. The highest BCUT2D eigenvalue weighted by Crippen LogP contribution is 2.06. The van der Waals surface area contributed by atoms with E-state index in [1.165, 1.54) is 12.1 Å². The lowest BCUT2D eigenvalue weighted by Gasteiger charge is -2.12. The SMILES string of the molecule is CN=C(NCCCc1cccc(F)c1)NCc1ccccc1F.I. The fourth-order valence-corrected chi connectivity index (χ4v) is 2.23. The molecule has 0 saturated heterocycles. The van der Waals surface area contributed by atoms with Gasteiger partial charge >= 0.3 is 0 Å². The minimum absolute atomic E-state index is 0. The minimum Gasteiger partial charge on any atom is -0.356 e. The highest BCUT2D eigenvalue weighted by atomic mass is 127. The first-order chi connectivity index (χ1) is 11.2. The van der Waals surface area contributed by atoms with Gasteiger partial charge in [0.1, 0.15) is 11.6 Å². The Hall–Kier alpha value is -1.70. The largest absolute Gasteiger partial charge is 0.356 e. The molecule has 0 unspecified atom stereocenters. The topological polar surface area (TPSA) is 36.4 Å². The smallest absolute Gasteiger partial charge is 0.191 e. The molecule has 0 heterocycles. The van der Waals surface area contributed by atoms with Crippen molar-refractivity contribution in [1.82, 2.24) is 10.6 Å². The van der Waals surface area contributed by atoms with Gasteiger partial charge in [0.2, 0.25) is 0 Å². The van der Waals surface area contributed by atoms with Crippen molar-refractivity contribution in [1.29, 1.82) is 0 Å². The van der Waals surface area contributed by atoms with Crippen molar-refractivity contribution in [3.8, 4) is 0 Å². The Morgan fingerprint density at radius 2 is 1.83 bits per heavy atom. The number of aryl methyl sites for hydroxylation is 1. The number of guanidine groups is 1. The Bertz CT molecular complexity index is 662. The molecule has 0 spiro atoms. The first-order valence-corrected chi connectivity index (χ1v) is 7.61. The average Bonchev–Trinajstić information content (AvgIpc) is 2.55. The molecule has 2 N–H and O–H groups in total. The maximum absolute atomic E-state index is 13.5. The van der Waals surface area contributed by atoms with Crippen molar-refractivity contribution < 1.29 is 8.78 Å². The summed E-state index contributed by atoms with van der Waals surface area (Å²) in [5, 5.41) is 6.24. The predicted octanol–water partition coefficient (Wildman–Crippen LogP) is 3.88. The normalized spacial score (nSPS) is 10.9. The number of nitrogens with zero attached hydrogens (tertiary/aromatic N) is 1. The van der Waals surface area contributed by atoms with Crippen LogP contribution >= 0.6 is 24.0 Å². The van der Waals surface area contributed by atoms with E-state index in [2.05, 4.69) is 15.6 Å². The fraction of sp³-hybridized carbons (Fsp3) is 0.278. The van der Waals surface area contributed by atoms with E-state index in [0.717, 1.165) is 18.4 Å². The van der Waals surface area contributed by atoms with E-state index in [0.29, 0.717) is 24.6 Å². The fourth-order valence-electron chi connectivity index (χ4n) is 2.23. The maximum Gasteiger partial charge on any atom is 0.191 e. The van der Waals surface area contributed by atoms with Gasteiger partial charge in [-0.2, -0.15) is 0 Å². The number of rotatable bonds is 6. The first kappa shape index (κ1) is 20.3. The van der Waals surface area contributed by atoms with Crippen LogP contribution in [0.4, 0.5) is 8.78 Å². The summed E-state index contributed by atoms with van der Waals surface area (Å²) in [6.45, 7) is 1.07. The monoisotopic (exact) mass is 445 g/mol. The summed E-state index contributed by atoms with van der Waals surface area (Å²) < 4.78 is 26.6. The number of halogens is 3. The third-order valence-corrected chi connectivity index (χ3v) is 3.45. The van der Waals surface area contributed by atoms with Gasteiger partial charge in [-0.3, -0.25) is 4.99 Å². The molecule has 2 aromatic carbocycles. The van der Waals surface area contributed by atoms with Crippen LogP contribution in [0.3, 0.4) is 0 Å². The predicted molar refractivity (Wildman–Crippen MR) is 105 cm³/mol. The van der Waals surface area contributed by atoms with E-state index in [1.54, 1.807) is 37.4 Å². The Labute approximate surface area is 158 Å². The van der Waals surface area contributed by atoms with Crippen LogP contribution in [0.15, 0.2) is 53.5 Å². The van der Waals surface area contributed by atoms with E-state index in [1.807, 2.05) is 6.07 Å². The Morgan fingerprint density at radius 1 is 1.04 bits per heavy atom. The molecule has 0 bridgehead atoms. The van der Waals surface area contributed by atoms with Crippen molar-refractivity contribution >= 4 is 29.9 Å². The van der Waals surface area contributed by atoms with Gasteiger partial charge in [-0.15, -0.1) is 24.0 Å². The van der Waals surface area contributed by atoms with Gasteiger partial charge in [0.25, 0.3) is 0 Å². The van der Waals surface area contributed by atoms with E-state index >= 15 is 0 Å². The maximum atomic E-state index is 13.5. The van der Waals surface area contributed by atoms with Crippen LogP contribution in [0.5, 0.6) is 0 Å². The van der Waals surface area contributed by atoms with Crippen LogP contribution in [-0.2, 0) is 13.0 Å². The van der Waals surface area contributed by atoms with E-state index in [4.69, 9.17) is 0 Å². The minimum atomic E-state index is -0.235. The van der Waals surface area contributed by atoms with Gasteiger partial charge in [-0.25, -0.2) is 8.78 Å². The molecule has 0 amide bonds.